The van der Waals surface area contributed by atoms with Crippen LogP contribution in [0.15, 0.2) is 30.5 Å². The average molecular weight is 394 g/mol. The van der Waals surface area contributed by atoms with Crippen LogP contribution in [0, 0.1) is 0 Å². The Labute approximate surface area is 169 Å². The highest BCUT2D eigenvalue weighted by Gasteiger charge is 2.17. The van der Waals surface area contributed by atoms with E-state index >= 15 is 0 Å². The number of carbonyl (C=O) groups is 1. The van der Waals surface area contributed by atoms with Crippen molar-refractivity contribution in [2.75, 3.05) is 25.1 Å². The number of benzene rings is 1. The molecule has 1 aliphatic heterocycles. The fraction of sp³-hybridized carbons (Fsp3) is 0.429. The fourth-order valence-corrected chi connectivity index (χ4v) is 3.77. The SMILES string of the molecule is COc1nc(CNC(=O)Cc2cn(C)c3ccccc23)nc(N2CCCCC2)n1. The van der Waals surface area contributed by atoms with E-state index < -0.39 is 0 Å². The van der Waals surface area contributed by atoms with Crippen molar-refractivity contribution in [3.05, 3.63) is 41.9 Å². The molecule has 29 heavy (non-hydrogen) atoms. The van der Waals surface area contributed by atoms with Gasteiger partial charge < -0.3 is 19.5 Å². The molecule has 0 spiro atoms. The number of nitrogens with one attached hydrogen (secondary N) is 1. The molecule has 8 heteroatoms. The Balaban J connectivity index is 1.44. The molecule has 1 amide bonds. The van der Waals surface area contributed by atoms with E-state index in [1.54, 1.807) is 0 Å². The summed E-state index contributed by atoms with van der Waals surface area (Å²) in [5.41, 5.74) is 2.12. The molecule has 1 fully saturated rings. The monoisotopic (exact) mass is 394 g/mol. The first-order chi connectivity index (χ1) is 14.1. The van der Waals surface area contributed by atoms with Crippen molar-refractivity contribution in [1.29, 1.82) is 0 Å². The molecule has 8 nitrogen and oxygen atoms in total. The smallest absolute Gasteiger partial charge is 0.321 e. The van der Waals surface area contributed by atoms with Crippen LogP contribution in [0.3, 0.4) is 0 Å². The van der Waals surface area contributed by atoms with Crippen molar-refractivity contribution in [1.82, 2.24) is 24.8 Å². The lowest BCUT2D eigenvalue weighted by Crippen LogP contribution is -2.32. The molecule has 3 heterocycles. The molecule has 1 saturated heterocycles. The third-order valence-electron chi connectivity index (χ3n) is 5.25. The van der Waals surface area contributed by atoms with Gasteiger partial charge in [0.1, 0.15) is 0 Å². The first kappa shape index (κ1) is 19.2. The number of rotatable bonds is 6. The number of carbonyl (C=O) groups excluding carboxylic acids is 1. The zero-order valence-corrected chi connectivity index (χ0v) is 16.9. The van der Waals surface area contributed by atoms with Gasteiger partial charge in [-0.25, -0.2) is 0 Å². The van der Waals surface area contributed by atoms with Crippen LogP contribution in [0.5, 0.6) is 6.01 Å². The van der Waals surface area contributed by atoms with E-state index in [1.165, 1.54) is 13.5 Å². The standard InChI is InChI=1S/C21H26N6O2/c1-26-14-15(16-8-4-5-9-17(16)26)12-19(28)22-13-18-23-20(25-21(24-18)29-2)27-10-6-3-7-11-27/h4-5,8-9,14H,3,6-7,10-13H2,1-2H3,(H,22,28). The zero-order chi connectivity index (χ0) is 20.2. The second kappa shape index (κ2) is 8.46. The summed E-state index contributed by atoms with van der Waals surface area (Å²) in [6.45, 7) is 2.10. The number of aromatic nitrogens is 4. The topological polar surface area (TPSA) is 85.2 Å². The predicted octanol–water partition coefficient (Wildman–Crippen LogP) is 2.22. The Bertz CT molecular complexity index is 1010. The molecule has 4 rings (SSSR count). The molecule has 0 atom stereocenters. The molecule has 3 aromatic rings. The summed E-state index contributed by atoms with van der Waals surface area (Å²) < 4.78 is 7.28. The number of amides is 1. The van der Waals surface area contributed by atoms with Crippen LogP contribution in [0.25, 0.3) is 10.9 Å². The van der Waals surface area contributed by atoms with Gasteiger partial charge in [-0.1, -0.05) is 18.2 Å². The molecular formula is C21H26N6O2. The number of fused-ring (bicyclic) bond motifs is 1. The van der Waals surface area contributed by atoms with Crippen molar-refractivity contribution in [3.8, 4) is 6.01 Å². The van der Waals surface area contributed by atoms with E-state index in [0.717, 1.165) is 42.4 Å². The molecule has 0 unspecified atom stereocenters. The second-order valence-electron chi connectivity index (χ2n) is 7.32. The summed E-state index contributed by atoms with van der Waals surface area (Å²) >= 11 is 0. The number of hydrogen-bond donors (Lipinski definition) is 1. The molecule has 1 N–H and O–H groups in total. The number of para-hydroxylation sites is 1. The van der Waals surface area contributed by atoms with Gasteiger partial charge in [0.2, 0.25) is 11.9 Å². The van der Waals surface area contributed by atoms with Gasteiger partial charge in [0.25, 0.3) is 0 Å². The molecule has 1 aromatic carbocycles. The van der Waals surface area contributed by atoms with Gasteiger partial charge in [0, 0.05) is 37.2 Å². The third-order valence-corrected chi connectivity index (χ3v) is 5.25. The maximum Gasteiger partial charge on any atom is 0.321 e. The van der Waals surface area contributed by atoms with E-state index in [2.05, 4.69) is 31.2 Å². The van der Waals surface area contributed by atoms with Crippen LogP contribution in [-0.4, -0.2) is 45.6 Å². The largest absolute Gasteiger partial charge is 0.467 e. The summed E-state index contributed by atoms with van der Waals surface area (Å²) in [5.74, 6) is 1.05. The lowest BCUT2D eigenvalue weighted by Gasteiger charge is -2.26. The maximum absolute atomic E-state index is 12.5. The molecule has 1 aliphatic rings. The Morgan fingerprint density at radius 3 is 2.72 bits per heavy atom. The van der Waals surface area contributed by atoms with Crippen molar-refractivity contribution < 1.29 is 9.53 Å². The van der Waals surface area contributed by atoms with Crippen LogP contribution in [0.4, 0.5) is 5.95 Å². The quantitative estimate of drug-likeness (QED) is 0.690. The number of anilines is 1. The number of methoxy groups -OCH3 is 1. The van der Waals surface area contributed by atoms with Crippen LogP contribution < -0.4 is 15.0 Å². The second-order valence-corrected chi connectivity index (χ2v) is 7.32. The minimum atomic E-state index is -0.0692. The average Bonchev–Trinajstić information content (AvgIpc) is 3.08. The molecule has 0 radical (unpaired) electrons. The molecular weight excluding hydrogens is 368 g/mol. The van der Waals surface area contributed by atoms with Crippen LogP contribution in [0.1, 0.15) is 30.7 Å². The van der Waals surface area contributed by atoms with Crippen molar-refractivity contribution >= 4 is 22.8 Å². The van der Waals surface area contributed by atoms with E-state index in [4.69, 9.17) is 4.74 Å². The highest BCUT2D eigenvalue weighted by molar-refractivity contribution is 5.89. The molecule has 0 aliphatic carbocycles. The van der Waals surface area contributed by atoms with E-state index in [9.17, 15) is 4.79 Å². The van der Waals surface area contributed by atoms with Crippen LogP contribution >= 0.6 is 0 Å². The summed E-state index contributed by atoms with van der Waals surface area (Å²) in [4.78, 5) is 27.9. The van der Waals surface area contributed by atoms with E-state index in [0.29, 0.717) is 18.2 Å². The molecule has 152 valence electrons. The summed E-state index contributed by atoms with van der Waals surface area (Å²) in [6.07, 6.45) is 5.80. The van der Waals surface area contributed by atoms with Crippen LogP contribution in [-0.2, 0) is 24.8 Å². The summed E-state index contributed by atoms with van der Waals surface area (Å²) in [7, 11) is 3.53. The number of nitrogens with zero attached hydrogens (tertiary/aromatic N) is 5. The first-order valence-electron chi connectivity index (χ1n) is 9.97. The summed E-state index contributed by atoms with van der Waals surface area (Å²) in [6, 6.07) is 8.36. The molecule has 0 bridgehead atoms. The van der Waals surface area contributed by atoms with Gasteiger partial charge in [-0.2, -0.15) is 15.0 Å². The van der Waals surface area contributed by atoms with E-state index in [-0.39, 0.29) is 18.5 Å². The summed E-state index contributed by atoms with van der Waals surface area (Å²) in [5, 5.41) is 4.02. The number of ether oxygens (including phenoxy) is 1. The van der Waals surface area contributed by atoms with Crippen LogP contribution in [0.2, 0.25) is 0 Å². The Morgan fingerprint density at radius 2 is 1.93 bits per heavy atom. The highest BCUT2D eigenvalue weighted by Crippen LogP contribution is 2.21. The van der Waals surface area contributed by atoms with Gasteiger partial charge in [-0.3, -0.25) is 4.79 Å². The van der Waals surface area contributed by atoms with Crippen molar-refractivity contribution in [3.63, 3.8) is 0 Å². The van der Waals surface area contributed by atoms with Gasteiger partial charge in [-0.05, 0) is 30.9 Å². The van der Waals surface area contributed by atoms with Gasteiger partial charge in [-0.15, -0.1) is 0 Å². The van der Waals surface area contributed by atoms with E-state index in [1.807, 2.05) is 36.0 Å². The minimum Gasteiger partial charge on any atom is -0.467 e. The number of hydrogen-bond acceptors (Lipinski definition) is 6. The maximum atomic E-state index is 12.5. The van der Waals surface area contributed by atoms with Gasteiger partial charge in [0.15, 0.2) is 5.82 Å². The van der Waals surface area contributed by atoms with Gasteiger partial charge >= 0.3 is 6.01 Å². The van der Waals surface area contributed by atoms with Gasteiger partial charge in [0.05, 0.1) is 20.1 Å². The normalized spacial score (nSPS) is 14.2. The molecule has 2 aromatic heterocycles. The zero-order valence-electron chi connectivity index (χ0n) is 16.9. The predicted molar refractivity (Wildman–Crippen MR) is 111 cm³/mol. The minimum absolute atomic E-state index is 0.0692. The number of piperidine rings is 1. The van der Waals surface area contributed by atoms with Crippen molar-refractivity contribution in [2.45, 2.75) is 32.2 Å². The third kappa shape index (κ3) is 4.31. The lowest BCUT2D eigenvalue weighted by molar-refractivity contribution is -0.120. The Kier molecular flexibility index (Phi) is 5.59. The first-order valence-corrected chi connectivity index (χ1v) is 9.97. The Morgan fingerprint density at radius 1 is 1.14 bits per heavy atom. The lowest BCUT2D eigenvalue weighted by atomic mass is 10.1. The molecule has 0 saturated carbocycles. The van der Waals surface area contributed by atoms with Crippen molar-refractivity contribution in [2.24, 2.45) is 7.05 Å². The highest BCUT2D eigenvalue weighted by atomic mass is 16.5. The fourth-order valence-electron chi connectivity index (χ4n) is 3.77. The number of aryl methyl sites for hydroxylation is 1. The Hall–Kier alpha value is -3.16.